The predicted octanol–water partition coefficient (Wildman–Crippen LogP) is 4.30. The first kappa shape index (κ1) is 20.0. The van der Waals surface area contributed by atoms with Gasteiger partial charge in [-0.25, -0.2) is 0 Å². The number of likely N-dealkylation sites (N-methyl/N-ethyl adjacent to an activating group) is 1. The quantitative estimate of drug-likeness (QED) is 0.783. The first-order valence-electron chi connectivity index (χ1n) is 11.6. The summed E-state index contributed by atoms with van der Waals surface area (Å²) in [6.45, 7) is 6.99. The van der Waals surface area contributed by atoms with Crippen molar-refractivity contribution in [2.45, 2.75) is 90.6 Å². The third-order valence-corrected chi connectivity index (χ3v) is 9.22. The Morgan fingerprint density at radius 2 is 1.96 bits per heavy atom. The molecule has 0 bridgehead atoms. The van der Waals surface area contributed by atoms with Gasteiger partial charge in [0, 0.05) is 31.0 Å². The van der Waals surface area contributed by atoms with Gasteiger partial charge in [-0.1, -0.05) is 33.3 Å². The average molecular weight is 387 g/mol. The van der Waals surface area contributed by atoms with Crippen molar-refractivity contribution in [1.29, 1.82) is 0 Å². The Morgan fingerprint density at radius 3 is 2.71 bits per heavy atom. The highest BCUT2D eigenvalue weighted by atomic mass is 16.2. The zero-order chi connectivity index (χ0) is 20.1. The lowest BCUT2D eigenvalue weighted by molar-refractivity contribution is -0.138. The Labute approximate surface area is 170 Å². The maximum Gasteiger partial charge on any atom is 0.246 e. The Bertz CT molecular complexity index is 674. The minimum absolute atomic E-state index is 0.107. The molecule has 0 spiro atoms. The number of nitrogens with one attached hydrogen (secondary N) is 1. The van der Waals surface area contributed by atoms with Crippen molar-refractivity contribution in [3.05, 3.63) is 12.2 Å². The summed E-state index contributed by atoms with van der Waals surface area (Å²) in [5.74, 6) is 2.51. The fourth-order valence-corrected chi connectivity index (χ4v) is 7.58. The van der Waals surface area contributed by atoms with Crippen LogP contribution in [0.25, 0.3) is 0 Å². The molecule has 1 N–H and O–H groups in total. The molecule has 0 aromatic heterocycles. The van der Waals surface area contributed by atoms with Gasteiger partial charge in [-0.05, 0) is 74.2 Å². The van der Waals surface area contributed by atoms with Crippen molar-refractivity contribution in [1.82, 2.24) is 10.2 Å². The SMILES string of the molecule is CCCCC(=O)N[C@H]1CC[C@H]2[C@@H]3CC[C@H]4N(C)C(=O)C=C[C@]4(C)[C@H]3CC[C@]12C. The molecule has 1 heterocycles. The van der Waals surface area contributed by atoms with E-state index in [4.69, 9.17) is 0 Å². The number of fused-ring (bicyclic) bond motifs is 5. The van der Waals surface area contributed by atoms with Crippen LogP contribution in [0.5, 0.6) is 0 Å². The first-order valence-corrected chi connectivity index (χ1v) is 11.6. The summed E-state index contributed by atoms with van der Waals surface area (Å²) in [5.41, 5.74) is 0.349. The van der Waals surface area contributed by atoms with Crippen molar-refractivity contribution >= 4 is 11.8 Å². The molecule has 7 atom stereocenters. The minimum Gasteiger partial charge on any atom is -0.353 e. The Hall–Kier alpha value is -1.32. The zero-order valence-electron chi connectivity index (χ0n) is 18.2. The molecule has 4 nitrogen and oxygen atoms in total. The van der Waals surface area contributed by atoms with E-state index >= 15 is 0 Å². The summed E-state index contributed by atoms with van der Waals surface area (Å²) in [6, 6.07) is 0.695. The third kappa shape index (κ3) is 2.93. The predicted molar refractivity (Wildman–Crippen MR) is 112 cm³/mol. The molecule has 0 saturated heterocycles. The summed E-state index contributed by atoms with van der Waals surface area (Å²) in [7, 11) is 1.99. The van der Waals surface area contributed by atoms with Crippen molar-refractivity contribution < 1.29 is 9.59 Å². The molecular weight excluding hydrogens is 348 g/mol. The van der Waals surface area contributed by atoms with Crippen LogP contribution in [-0.2, 0) is 9.59 Å². The fourth-order valence-electron chi connectivity index (χ4n) is 7.58. The maximum absolute atomic E-state index is 12.4. The number of hydrogen-bond acceptors (Lipinski definition) is 2. The van der Waals surface area contributed by atoms with E-state index in [2.05, 4.69) is 32.2 Å². The molecule has 4 aliphatic rings. The number of nitrogens with zero attached hydrogens (tertiary/aromatic N) is 1. The molecule has 4 heteroatoms. The topological polar surface area (TPSA) is 49.4 Å². The van der Waals surface area contributed by atoms with Crippen molar-refractivity contribution in [3.63, 3.8) is 0 Å². The maximum atomic E-state index is 12.4. The van der Waals surface area contributed by atoms with Gasteiger partial charge in [-0.3, -0.25) is 9.59 Å². The van der Waals surface area contributed by atoms with Gasteiger partial charge in [0.05, 0.1) is 0 Å². The van der Waals surface area contributed by atoms with E-state index in [1.807, 2.05) is 18.0 Å². The summed E-state index contributed by atoms with van der Waals surface area (Å²) in [6.07, 6.45) is 13.9. The Kier molecular flexibility index (Phi) is 5.12. The highest BCUT2D eigenvalue weighted by Crippen LogP contribution is 2.63. The number of unbranched alkanes of at least 4 members (excludes halogenated alkanes) is 1. The van der Waals surface area contributed by atoms with Gasteiger partial charge in [0.1, 0.15) is 0 Å². The molecule has 4 rings (SSSR count). The van der Waals surface area contributed by atoms with E-state index in [1.54, 1.807) is 0 Å². The van der Waals surface area contributed by atoms with E-state index < -0.39 is 0 Å². The molecular formula is C24H38N2O2. The van der Waals surface area contributed by atoms with Crippen LogP contribution in [0.2, 0.25) is 0 Å². The average Bonchev–Trinajstić information content (AvgIpc) is 3.00. The van der Waals surface area contributed by atoms with Crippen LogP contribution < -0.4 is 5.32 Å². The van der Waals surface area contributed by atoms with Gasteiger partial charge >= 0.3 is 0 Å². The highest BCUT2D eigenvalue weighted by Gasteiger charge is 2.60. The number of amides is 2. The number of carbonyl (C=O) groups is 2. The second-order valence-electron chi connectivity index (χ2n) is 10.5. The van der Waals surface area contributed by atoms with Crippen LogP contribution in [0.15, 0.2) is 12.2 Å². The lowest BCUT2D eigenvalue weighted by Gasteiger charge is -2.60. The highest BCUT2D eigenvalue weighted by molar-refractivity contribution is 5.89. The fraction of sp³-hybridized carbons (Fsp3) is 0.833. The minimum atomic E-state index is 0.107. The molecule has 156 valence electrons. The molecule has 0 aromatic rings. The molecule has 0 unspecified atom stereocenters. The van der Waals surface area contributed by atoms with Gasteiger partial charge < -0.3 is 10.2 Å². The van der Waals surface area contributed by atoms with Crippen LogP contribution in [0, 0.1) is 28.6 Å². The lowest BCUT2D eigenvalue weighted by atomic mass is 9.48. The van der Waals surface area contributed by atoms with E-state index in [0.717, 1.165) is 31.6 Å². The molecule has 0 radical (unpaired) electrons. The van der Waals surface area contributed by atoms with Crippen molar-refractivity contribution in [2.24, 2.45) is 28.6 Å². The van der Waals surface area contributed by atoms with Crippen LogP contribution in [0.4, 0.5) is 0 Å². The smallest absolute Gasteiger partial charge is 0.246 e. The van der Waals surface area contributed by atoms with Crippen molar-refractivity contribution in [2.75, 3.05) is 7.05 Å². The normalized spacial score (nSPS) is 44.6. The lowest BCUT2D eigenvalue weighted by Crippen LogP contribution is -2.60. The number of hydrogen-bond donors (Lipinski definition) is 1. The van der Waals surface area contributed by atoms with Gasteiger partial charge in [0.25, 0.3) is 0 Å². The van der Waals surface area contributed by atoms with Gasteiger partial charge in [-0.2, -0.15) is 0 Å². The van der Waals surface area contributed by atoms with E-state index in [-0.39, 0.29) is 22.6 Å². The summed E-state index contributed by atoms with van der Waals surface area (Å²) in [5, 5.41) is 3.42. The van der Waals surface area contributed by atoms with E-state index in [1.165, 1.54) is 25.7 Å². The standard InChI is InChI=1S/C24H38N2O2/c1-5-6-7-21(27)25-19-10-9-17-16-8-11-20-24(3,15-13-22(28)26(20)4)18(16)12-14-23(17,19)2/h13,15-20H,5-12,14H2,1-4H3,(H,25,27)/t16-,17-,18-,19-,20+,23-,24+/m0/s1. The number of rotatable bonds is 4. The Balaban J connectivity index is 1.53. The summed E-state index contributed by atoms with van der Waals surface area (Å²) >= 11 is 0. The van der Waals surface area contributed by atoms with Crippen LogP contribution in [-0.4, -0.2) is 35.8 Å². The molecule has 1 aliphatic heterocycles. The van der Waals surface area contributed by atoms with Gasteiger partial charge in [0.2, 0.25) is 11.8 Å². The molecule has 2 amide bonds. The van der Waals surface area contributed by atoms with E-state index in [0.29, 0.717) is 30.3 Å². The number of carbonyl (C=O) groups excluding carboxylic acids is 2. The van der Waals surface area contributed by atoms with Crippen LogP contribution in [0.3, 0.4) is 0 Å². The zero-order valence-corrected chi connectivity index (χ0v) is 18.2. The van der Waals surface area contributed by atoms with Gasteiger partial charge in [-0.15, -0.1) is 0 Å². The largest absolute Gasteiger partial charge is 0.353 e. The first-order chi connectivity index (χ1) is 13.3. The second kappa shape index (κ2) is 7.18. The Morgan fingerprint density at radius 1 is 1.18 bits per heavy atom. The van der Waals surface area contributed by atoms with E-state index in [9.17, 15) is 9.59 Å². The summed E-state index contributed by atoms with van der Waals surface area (Å²) < 4.78 is 0. The molecule has 3 fully saturated rings. The third-order valence-electron chi connectivity index (χ3n) is 9.22. The van der Waals surface area contributed by atoms with Crippen LogP contribution in [0.1, 0.15) is 78.6 Å². The molecule has 3 aliphatic carbocycles. The summed E-state index contributed by atoms with van der Waals surface area (Å²) in [4.78, 5) is 26.6. The molecule has 28 heavy (non-hydrogen) atoms. The van der Waals surface area contributed by atoms with Crippen LogP contribution >= 0.6 is 0 Å². The van der Waals surface area contributed by atoms with Gasteiger partial charge in [0.15, 0.2) is 0 Å². The van der Waals surface area contributed by atoms with Crippen molar-refractivity contribution in [3.8, 4) is 0 Å². The monoisotopic (exact) mass is 386 g/mol. The second-order valence-corrected chi connectivity index (χ2v) is 10.5. The molecule has 3 saturated carbocycles. The molecule has 0 aromatic carbocycles.